The number of halogens is 1. The van der Waals surface area contributed by atoms with Crippen LogP contribution in [0.15, 0.2) is 57.7 Å². The molecule has 0 radical (unpaired) electrons. The molecule has 1 heterocycles. The van der Waals surface area contributed by atoms with Crippen LogP contribution in [0, 0.1) is 0 Å². The fourth-order valence-electron chi connectivity index (χ4n) is 2.40. The molecule has 0 saturated heterocycles. The summed E-state index contributed by atoms with van der Waals surface area (Å²) >= 11 is 5.80. The first-order chi connectivity index (χ1) is 13.0. The molecule has 3 rings (SSSR count). The molecule has 2 aromatic carbocycles. The Balaban J connectivity index is 1.85. The average Bonchev–Trinajstić information content (AvgIpc) is 2.66. The van der Waals surface area contributed by atoms with Gasteiger partial charge in [-0.25, -0.2) is 9.59 Å². The van der Waals surface area contributed by atoms with Crippen LogP contribution in [0.1, 0.15) is 34.1 Å². The van der Waals surface area contributed by atoms with Gasteiger partial charge in [-0.15, -0.1) is 0 Å². The van der Waals surface area contributed by atoms with Gasteiger partial charge < -0.3 is 14.5 Å². The highest BCUT2D eigenvalue weighted by molar-refractivity contribution is 6.30. The molecule has 0 aliphatic carbocycles. The summed E-state index contributed by atoms with van der Waals surface area (Å²) < 4.78 is 10.5. The standard InChI is InChI=1S/C20H16ClNO5/c1-2-9-22-18(23)16-10-13-5-8-15(11-17(13)27-20(16)25)26-19(24)12-3-6-14(21)7-4-12/h3-8,10-11H,2,9H2,1H3,(H,22,23). The van der Waals surface area contributed by atoms with Crippen molar-refractivity contribution in [3.63, 3.8) is 0 Å². The third-order valence-corrected chi connectivity index (χ3v) is 4.03. The molecule has 1 N–H and O–H groups in total. The van der Waals surface area contributed by atoms with Crippen molar-refractivity contribution >= 4 is 34.4 Å². The van der Waals surface area contributed by atoms with Crippen LogP contribution in [0.2, 0.25) is 5.02 Å². The minimum atomic E-state index is -0.753. The Labute approximate surface area is 159 Å². The van der Waals surface area contributed by atoms with E-state index in [0.717, 1.165) is 6.42 Å². The predicted octanol–water partition coefficient (Wildman–Crippen LogP) is 3.81. The molecule has 0 bridgehead atoms. The summed E-state index contributed by atoms with van der Waals surface area (Å²) in [5.41, 5.74) is -0.267. The first kappa shape index (κ1) is 18.7. The maximum Gasteiger partial charge on any atom is 0.349 e. The number of nitrogens with one attached hydrogen (secondary N) is 1. The third-order valence-electron chi connectivity index (χ3n) is 3.78. The van der Waals surface area contributed by atoms with Gasteiger partial charge in [-0.2, -0.15) is 0 Å². The van der Waals surface area contributed by atoms with Gasteiger partial charge >= 0.3 is 11.6 Å². The molecule has 0 aliphatic heterocycles. The van der Waals surface area contributed by atoms with Crippen molar-refractivity contribution in [1.82, 2.24) is 5.32 Å². The highest BCUT2D eigenvalue weighted by Crippen LogP contribution is 2.22. The molecule has 138 valence electrons. The fraction of sp³-hybridized carbons (Fsp3) is 0.150. The SMILES string of the molecule is CCCNC(=O)c1cc2ccc(OC(=O)c3ccc(Cl)cc3)cc2oc1=O. The smallest absolute Gasteiger partial charge is 0.349 e. The lowest BCUT2D eigenvalue weighted by Crippen LogP contribution is -2.28. The second-order valence-corrected chi connectivity index (χ2v) is 6.24. The summed E-state index contributed by atoms with van der Waals surface area (Å²) in [6.07, 6.45) is 0.757. The second-order valence-electron chi connectivity index (χ2n) is 5.80. The van der Waals surface area contributed by atoms with Crippen LogP contribution in [-0.2, 0) is 0 Å². The van der Waals surface area contributed by atoms with Gasteiger partial charge in [0, 0.05) is 23.0 Å². The van der Waals surface area contributed by atoms with Gasteiger partial charge in [-0.3, -0.25) is 4.79 Å². The van der Waals surface area contributed by atoms with E-state index in [2.05, 4.69) is 5.32 Å². The number of hydrogen-bond donors (Lipinski definition) is 1. The quantitative estimate of drug-likeness (QED) is 0.410. The maximum absolute atomic E-state index is 12.2. The number of rotatable bonds is 5. The van der Waals surface area contributed by atoms with E-state index in [0.29, 0.717) is 22.5 Å². The molecule has 0 saturated carbocycles. The maximum atomic E-state index is 12.2. The molecule has 0 unspecified atom stereocenters. The van der Waals surface area contributed by atoms with Crippen LogP contribution in [-0.4, -0.2) is 18.4 Å². The van der Waals surface area contributed by atoms with Crippen molar-refractivity contribution in [2.24, 2.45) is 0 Å². The van der Waals surface area contributed by atoms with Crippen molar-refractivity contribution in [2.45, 2.75) is 13.3 Å². The van der Waals surface area contributed by atoms with Gasteiger partial charge in [0.1, 0.15) is 16.9 Å². The monoisotopic (exact) mass is 385 g/mol. The van der Waals surface area contributed by atoms with Gasteiger partial charge in [0.25, 0.3) is 5.91 Å². The van der Waals surface area contributed by atoms with Crippen LogP contribution >= 0.6 is 11.6 Å². The molecule has 0 fully saturated rings. The molecular formula is C20H16ClNO5. The first-order valence-electron chi connectivity index (χ1n) is 8.32. The molecule has 1 amide bonds. The Hall–Kier alpha value is -3.12. The van der Waals surface area contributed by atoms with Gasteiger partial charge in [0.2, 0.25) is 0 Å². The minimum Gasteiger partial charge on any atom is -0.423 e. The third kappa shape index (κ3) is 4.35. The van der Waals surface area contributed by atoms with Gasteiger partial charge in [0.15, 0.2) is 0 Å². The Morgan fingerprint density at radius 2 is 1.85 bits per heavy atom. The van der Waals surface area contributed by atoms with Crippen molar-refractivity contribution in [3.05, 3.63) is 75.1 Å². The summed E-state index contributed by atoms with van der Waals surface area (Å²) in [5.74, 6) is -0.830. The van der Waals surface area contributed by atoms with Crippen LogP contribution in [0.3, 0.4) is 0 Å². The van der Waals surface area contributed by atoms with Crippen LogP contribution < -0.4 is 15.7 Å². The molecular weight excluding hydrogens is 370 g/mol. The highest BCUT2D eigenvalue weighted by Gasteiger charge is 2.14. The molecule has 6 nitrogen and oxygen atoms in total. The number of carbonyl (C=O) groups is 2. The van der Waals surface area contributed by atoms with Crippen molar-refractivity contribution in [1.29, 1.82) is 0 Å². The van der Waals surface area contributed by atoms with E-state index < -0.39 is 17.5 Å². The number of fused-ring (bicyclic) bond motifs is 1. The lowest BCUT2D eigenvalue weighted by molar-refractivity contribution is 0.0734. The number of ether oxygens (including phenoxy) is 1. The Morgan fingerprint density at radius 3 is 2.56 bits per heavy atom. The molecule has 0 aliphatic rings. The molecule has 0 atom stereocenters. The van der Waals surface area contributed by atoms with E-state index in [9.17, 15) is 14.4 Å². The normalized spacial score (nSPS) is 10.6. The van der Waals surface area contributed by atoms with Crippen molar-refractivity contribution < 1.29 is 18.7 Å². The van der Waals surface area contributed by atoms with Crippen molar-refractivity contribution in [3.8, 4) is 5.75 Å². The zero-order chi connectivity index (χ0) is 19.4. The van der Waals surface area contributed by atoms with Gasteiger partial charge in [-0.1, -0.05) is 18.5 Å². The minimum absolute atomic E-state index is 0.0677. The largest absolute Gasteiger partial charge is 0.423 e. The number of benzene rings is 2. The van der Waals surface area contributed by atoms with Crippen molar-refractivity contribution in [2.75, 3.05) is 6.54 Å². The highest BCUT2D eigenvalue weighted by atomic mass is 35.5. The Kier molecular flexibility index (Phi) is 5.57. The Morgan fingerprint density at radius 1 is 1.11 bits per heavy atom. The van der Waals surface area contributed by atoms with Gasteiger partial charge in [0.05, 0.1) is 5.56 Å². The topological polar surface area (TPSA) is 85.6 Å². The summed E-state index contributed by atoms with van der Waals surface area (Å²) in [6.45, 7) is 2.38. The van der Waals surface area contributed by atoms with E-state index in [1.807, 2.05) is 6.92 Å². The lowest BCUT2D eigenvalue weighted by atomic mass is 10.1. The zero-order valence-corrected chi connectivity index (χ0v) is 15.2. The van der Waals surface area contributed by atoms with E-state index >= 15 is 0 Å². The first-order valence-corrected chi connectivity index (χ1v) is 8.69. The zero-order valence-electron chi connectivity index (χ0n) is 14.5. The molecule has 7 heteroatoms. The summed E-state index contributed by atoms with van der Waals surface area (Å²) in [4.78, 5) is 36.3. The Bertz CT molecular complexity index is 1060. The second kappa shape index (κ2) is 8.05. The molecule has 0 spiro atoms. The molecule has 1 aromatic heterocycles. The van der Waals surface area contributed by atoms with Crippen LogP contribution in [0.5, 0.6) is 5.75 Å². The molecule has 27 heavy (non-hydrogen) atoms. The summed E-state index contributed by atoms with van der Waals surface area (Å²) in [6, 6.07) is 12.3. The van der Waals surface area contributed by atoms with E-state index in [1.165, 1.54) is 12.1 Å². The van der Waals surface area contributed by atoms with E-state index in [1.54, 1.807) is 36.4 Å². The number of amides is 1. The fourth-order valence-corrected chi connectivity index (χ4v) is 2.53. The summed E-state index contributed by atoms with van der Waals surface area (Å²) in [7, 11) is 0. The number of esters is 1. The number of hydrogen-bond acceptors (Lipinski definition) is 5. The van der Waals surface area contributed by atoms with Crippen LogP contribution in [0.25, 0.3) is 11.0 Å². The van der Waals surface area contributed by atoms with Gasteiger partial charge in [-0.05, 0) is 48.9 Å². The number of carbonyl (C=O) groups excluding carboxylic acids is 2. The van der Waals surface area contributed by atoms with E-state index in [-0.39, 0.29) is 16.9 Å². The molecule has 3 aromatic rings. The summed E-state index contributed by atoms with van der Waals surface area (Å²) in [5, 5.41) is 3.69. The van der Waals surface area contributed by atoms with Crippen LogP contribution in [0.4, 0.5) is 0 Å². The lowest BCUT2D eigenvalue weighted by Gasteiger charge is -2.07. The van der Waals surface area contributed by atoms with E-state index in [4.69, 9.17) is 20.8 Å². The average molecular weight is 386 g/mol. The predicted molar refractivity (Wildman–Crippen MR) is 102 cm³/mol.